The molecule has 0 aliphatic carbocycles. The van der Waals surface area contributed by atoms with Crippen molar-refractivity contribution in [3.05, 3.63) is 152 Å². The number of rotatable bonds is 5. The lowest BCUT2D eigenvalue weighted by Gasteiger charge is -2.32. The summed E-state index contributed by atoms with van der Waals surface area (Å²) in [6.45, 7) is 8.30. The van der Waals surface area contributed by atoms with Crippen LogP contribution in [0.4, 0.5) is 0 Å². The van der Waals surface area contributed by atoms with Crippen molar-refractivity contribution in [2.24, 2.45) is 0 Å². The van der Waals surface area contributed by atoms with Crippen LogP contribution in [-0.2, 0) is 9.31 Å². The normalized spacial score (nSPS) is 15.1. The van der Waals surface area contributed by atoms with Crippen molar-refractivity contribution in [3.63, 3.8) is 0 Å². The summed E-state index contributed by atoms with van der Waals surface area (Å²) in [6.07, 6.45) is 0. The highest BCUT2D eigenvalue weighted by atomic mass is 16.7. The van der Waals surface area contributed by atoms with Crippen molar-refractivity contribution in [2.45, 2.75) is 38.9 Å². The van der Waals surface area contributed by atoms with Gasteiger partial charge in [-0.15, -0.1) is 0 Å². The Kier molecular flexibility index (Phi) is 7.36. The molecule has 274 valence electrons. The smallest absolute Gasteiger partial charge is 0.456 e. The quantitative estimate of drug-likeness (QED) is 0.164. The van der Waals surface area contributed by atoms with E-state index in [-0.39, 0.29) is 0 Å². The molecule has 0 spiro atoms. The zero-order valence-electron chi connectivity index (χ0n) is 32.0. The molecule has 0 bridgehead atoms. The van der Waals surface area contributed by atoms with Gasteiger partial charge in [0.2, 0.25) is 0 Å². The van der Waals surface area contributed by atoms with Crippen LogP contribution in [0.15, 0.2) is 156 Å². The van der Waals surface area contributed by atoms with Crippen LogP contribution in [0.1, 0.15) is 27.7 Å². The Morgan fingerprint density at radius 2 is 1.11 bits per heavy atom. The molecule has 1 aliphatic heterocycles. The summed E-state index contributed by atoms with van der Waals surface area (Å²) in [5, 5.41) is 6.88. The second-order valence-corrected chi connectivity index (χ2v) is 15.9. The maximum absolute atomic E-state index is 6.73. The minimum absolute atomic E-state index is 0.515. The van der Waals surface area contributed by atoms with Crippen molar-refractivity contribution >= 4 is 67.1 Å². The van der Waals surface area contributed by atoms with E-state index in [2.05, 4.69) is 129 Å². The van der Waals surface area contributed by atoms with Crippen LogP contribution < -0.4 is 5.46 Å². The number of benzene rings is 7. The summed E-state index contributed by atoms with van der Waals surface area (Å²) in [6, 6.07) is 52.5. The summed E-state index contributed by atoms with van der Waals surface area (Å²) < 4.78 is 22.1. The average molecular weight is 741 g/mol. The molecule has 0 radical (unpaired) electrons. The predicted octanol–water partition coefficient (Wildman–Crippen LogP) is 11.3. The molecule has 1 fully saturated rings. The zero-order chi connectivity index (χ0) is 38.5. The lowest BCUT2D eigenvalue weighted by atomic mass is 9.75. The van der Waals surface area contributed by atoms with E-state index >= 15 is 0 Å². The van der Waals surface area contributed by atoms with Gasteiger partial charge in [0.05, 0.1) is 22.2 Å². The second kappa shape index (κ2) is 12.5. The van der Waals surface area contributed by atoms with Crippen LogP contribution in [0.25, 0.3) is 94.4 Å². The van der Waals surface area contributed by atoms with E-state index in [0.29, 0.717) is 17.5 Å². The fourth-order valence-electron chi connectivity index (χ4n) is 8.19. The molecule has 10 aromatic rings. The highest BCUT2D eigenvalue weighted by Crippen LogP contribution is 2.40. The largest absolute Gasteiger partial charge is 0.495 e. The Hall–Kier alpha value is -6.61. The van der Waals surface area contributed by atoms with Gasteiger partial charge in [-0.3, -0.25) is 0 Å². The number of aromatic nitrogens is 4. The van der Waals surface area contributed by atoms with Crippen LogP contribution in [0.5, 0.6) is 0 Å². The molecule has 0 N–H and O–H groups in total. The molecule has 0 saturated carbocycles. The van der Waals surface area contributed by atoms with Crippen LogP contribution in [0.2, 0.25) is 0 Å². The highest BCUT2D eigenvalue weighted by molar-refractivity contribution is 6.63. The fraction of sp³-hybridized carbons (Fsp3) is 0.122. The molecule has 0 atom stereocenters. The van der Waals surface area contributed by atoms with Gasteiger partial charge in [-0.2, -0.15) is 0 Å². The summed E-state index contributed by atoms with van der Waals surface area (Å²) in [5.41, 5.74) is 7.05. The Morgan fingerprint density at radius 1 is 0.474 bits per heavy atom. The Labute approximate surface area is 329 Å². The molecule has 11 rings (SSSR count). The first-order chi connectivity index (χ1) is 27.7. The number of hydrogen-bond donors (Lipinski definition) is 0. The number of fused-ring (bicyclic) bond motifs is 7. The van der Waals surface area contributed by atoms with Gasteiger partial charge in [0, 0.05) is 43.9 Å². The van der Waals surface area contributed by atoms with Crippen molar-refractivity contribution in [1.82, 2.24) is 19.5 Å². The Bertz CT molecular complexity index is 3210. The molecule has 0 unspecified atom stereocenters. The van der Waals surface area contributed by atoms with E-state index in [0.717, 1.165) is 60.8 Å². The second-order valence-electron chi connectivity index (χ2n) is 15.9. The van der Waals surface area contributed by atoms with Gasteiger partial charge in [-0.25, -0.2) is 15.0 Å². The minimum atomic E-state index is -0.659. The summed E-state index contributed by atoms with van der Waals surface area (Å²) in [5.74, 6) is 1.62. The van der Waals surface area contributed by atoms with Gasteiger partial charge in [-0.1, -0.05) is 103 Å². The molecule has 8 heteroatoms. The zero-order valence-corrected chi connectivity index (χ0v) is 32.0. The van der Waals surface area contributed by atoms with Gasteiger partial charge >= 0.3 is 7.12 Å². The van der Waals surface area contributed by atoms with E-state index in [4.69, 9.17) is 28.7 Å². The third kappa shape index (κ3) is 5.40. The third-order valence-electron chi connectivity index (χ3n) is 11.9. The molecular weight excluding hydrogens is 703 g/mol. The first-order valence-corrected chi connectivity index (χ1v) is 19.4. The van der Waals surface area contributed by atoms with E-state index in [1.165, 1.54) is 21.5 Å². The average Bonchev–Trinajstić information content (AvgIpc) is 3.84. The maximum atomic E-state index is 6.73. The van der Waals surface area contributed by atoms with Crippen LogP contribution >= 0.6 is 0 Å². The van der Waals surface area contributed by atoms with Crippen molar-refractivity contribution in [1.29, 1.82) is 0 Å². The van der Waals surface area contributed by atoms with Gasteiger partial charge in [-0.05, 0) is 92.5 Å². The molecular formula is C49H37BN4O3. The molecule has 7 nitrogen and oxygen atoms in total. The third-order valence-corrected chi connectivity index (χ3v) is 11.9. The van der Waals surface area contributed by atoms with E-state index in [1.54, 1.807) is 0 Å². The predicted molar refractivity (Wildman–Crippen MR) is 231 cm³/mol. The van der Waals surface area contributed by atoms with E-state index in [9.17, 15) is 0 Å². The Balaban J connectivity index is 1.17. The van der Waals surface area contributed by atoms with Gasteiger partial charge < -0.3 is 18.3 Å². The van der Waals surface area contributed by atoms with Gasteiger partial charge in [0.15, 0.2) is 17.5 Å². The fourth-order valence-corrected chi connectivity index (χ4v) is 8.19. The number of furan rings is 1. The summed E-state index contributed by atoms with van der Waals surface area (Å²) >= 11 is 0. The van der Waals surface area contributed by atoms with Crippen molar-refractivity contribution in [2.75, 3.05) is 0 Å². The molecule has 7 aromatic carbocycles. The van der Waals surface area contributed by atoms with E-state index < -0.39 is 18.3 Å². The first-order valence-electron chi connectivity index (χ1n) is 19.4. The number of nitrogens with zero attached hydrogens (tertiary/aromatic N) is 4. The SMILES string of the molecule is CC1(C)OB(c2ccc(-n3c4ccccc4c4cc5ccccc5cc43)cc2-c2nc(-c3ccccc3)nc(-c3ccc4c(c3)oc3ccccc34)n2)OC1(C)C. The molecule has 3 aromatic heterocycles. The monoisotopic (exact) mass is 740 g/mol. The van der Waals surface area contributed by atoms with Crippen LogP contribution in [-0.4, -0.2) is 37.8 Å². The number of para-hydroxylation sites is 2. The molecule has 1 aliphatic rings. The lowest BCUT2D eigenvalue weighted by molar-refractivity contribution is 0.00578. The molecule has 1 saturated heterocycles. The molecule has 0 amide bonds. The number of hydrogen-bond acceptors (Lipinski definition) is 6. The van der Waals surface area contributed by atoms with Crippen LogP contribution in [0.3, 0.4) is 0 Å². The lowest BCUT2D eigenvalue weighted by Crippen LogP contribution is -2.41. The van der Waals surface area contributed by atoms with Gasteiger partial charge in [0.1, 0.15) is 11.2 Å². The Morgan fingerprint density at radius 3 is 1.89 bits per heavy atom. The minimum Gasteiger partial charge on any atom is -0.456 e. The standard InChI is InChI=1S/C49H37BN4O3/c1-48(2)49(3,4)57-50(56-48)40-25-23-34(54-41-20-12-10-18-35(41)38-26-31-16-8-9-17-32(31)27-42(38)54)29-39(40)47-52-45(30-14-6-5-7-15-30)51-46(53-47)33-22-24-37-36-19-11-13-21-43(36)55-44(37)28-33/h5-29H,1-4H3. The summed E-state index contributed by atoms with van der Waals surface area (Å²) in [4.78, 5) is 15.6. The molecule has 57 heavy (non-hydrogen) atoms. The van der Waals surface area contributed by atoms with E-state index in [1.807, 2.05) is 54.6 Å². The summed E-state index contributed by atoms with van der Waals surface area (Å²) in [7, 11) is -0.659. The van der Waals surface area contributed by atoms with Crippen molar-refractivity contribution in [3.8, 4) is 39.9 Å². The van der Waals surface area contributed by atoms with Crippen molar-refractivity contribution < 1.29 is 13.7 Å². The van der Waals surface area contributed by atoms with Gasteiger partial charge in [0.25, 0.3) is 0 Å². The topological polar surface area (TPSA) is 75.2 Å². The first kappa shape index (κ1) is 33.7. The highest BCUT2D eigenvalue weighted by Gasteiger charge is 2.52. The molecule has 4 heterocycles. The van der Waals surface area contributed by atoms with Crippen LogP contribution in [0, 0.1) is 0 Å². The maximum Gasteiger partial charge on any atom is 0.495 e.